The Morgan fingerprint density at radius 3 is 1.97 bits per heavy atom. The van der Waals surface area contributed by atoms with E-state index < -0.39 is 0 Å². The van der Waals surface area contributed by atoms with Crippen LogP contribution in [0.3, 0.4) is 0 Å². The Morgan fingerprint density at radius 2 is 1.36 bits per heavy atom. The van der Waals surface area contributed by atoms with E-state index in [1.54, 1.807) is 0 Å². The maximum absolute atomic E-state index is 13.9. The van der Waals surface area contributed by atoms with Gasteiger partial charge < -0.3 is 14.9 Å². The van der Waals surface area contributed by atoms with Crippen LogP contribution in [0, 0.1) is 0 Å². The van der Waals surface area contributed by atoms with Crippen LogP contribution in [0.5, 0.6) is 5.75 Å². The number of anilines is 2. The van der Waals surface area contributed by atoms with Crippen molar-refractivity contribution in [3.8, 4) is 28.2 Å². The van der Waals surface area contributed by atoms with Crippen molar-refractivity contribution in [3.05, 3.63) is 95.1 Å². The monoisotopic (exact) mass is 516 g/mol. The number of hydrogen-bond acceptors (Lipinski definition) is 5. The maximum atomic E-state index is 13.9. The van der Waals surface area contributed by atoms with Gasteiger partial charge in [-0.2, -0.15) is 0 Å². The van der Waals surface area contributed by atoms with Crippen molar-refractivity contribution in [3.63, 3.8) is 0 Å². The molecule has 39 heavy (non-hydrogen) atoms. The topological polar surface area (TPSA) is 75.4 Å². The van der Waals surface area contributed by atoms with Crippen molar-refractivity contribution in [2.75, 3.05) is 5.32 Å². The van der Waals surface area contributed by atoms with E-state index in [9.17, 15) is 9.90 Å². The van der Waals surface area contributed by atoms with Crippen LogP contribution in [0.25, 0.3) is 33.4 Å². The lowest BCUT2D eigenvalue weighted by atomic mass is 9.77. The first kappa shape index (κ1) is 24.9. The first-order chi connectivity index (χ1) is 18.4. The molecule has 4 aromatic carbocycles. The Morgan fingerprint density at radius 1 is 0.769 bits per heavy atom. The Hall–Kier alpha value is -4.38. The number of ketones is 1. The SMILES string of the molecule is CC(C)(C)c1cc(-c2cc(Nc3ccccc3)c3c4c(onc24)-c2ccccc2C3=O)cc(C(C)(C)C)c1O. The molecule has 0 bridgehead atoms. The molecule has 1 heterocycles. The highest BCUT2D eigenvalue weighted by atomic mass is 16.5. The van der Waals surface area contributed by atoms with Gasteiger partial charge in [-0.05, 0) is 46.7 Å². The number of hydrogen-bond donors (Lipinski definition) is 2. The predicted octanol–water partition coefficient (Wildman–Crippen LogP) is 8.75. The van der Waals surface area contributed by atoms with E-state index in [1.807, 2.05) is 72.8 Å². The predicted molar refractivity (Wildman–Crippen MR) is 157 cm³/mol. The fraction of sp³-hybridized carbons (Fsp3) is 0.235. The van der Waals surface area contributed by atoms with Crippen molar-refractivity contribution in [2.24, 2.45) is 0 Å². The fourth-order valence-corrected chi connectivity index (χ4v) is 5.49. The largest absolute Gasteiger partial charge is 0.507 e. The van der Waals surface area contributed by atoms with Crippen LogP contribution in [-0.4, -0.2) is 16.0 Å². The van der Waals surface area contributed by atoms with E-state index in [4.69, 9.17) is 4.52 Å². The molecule has 5 aromatic rings. The summed E-state index contributed by atoms with van der Waals surface area (Å²) in [7, 11) is 0. The molecule has 6 rings (SSSR count). The molecule has 5 nitrogen and oxygen atoms in total. The lowest BCUT2D eigenvalue weighted by molar-refractivity contribution is 0.104. The van der Waals surface area contributed by atoms with Crippen LogP contribution in [0.4, 0.5) is 11.4 Å². The number of phenolic OH excluding ortho intramolecular Hbond substituents is 1. The number of benzene rings is 4. The third-order valence-corrected chi connectivity index (χ3v) is 7.49. The Kier molecular flexibility index (Phi) is 5.48. The number of carbonyl (C=O) groups is 1. The van der Waals surface area contributed by atoms with Gasteiger partial charge in [-0.25, -0.2) is 0 Å². The van der Waals surface area contributed by atoms with Crippen molar-refractivity contribution >= 4 is 28.1 Å². The molecule has 1 aromatic heterocycles. The minimum absolute atomic E-state index is 0.0623. The van der Waals surface area contributed by atoms with E-state index >= 15 is 0 Å². The number of phenols is 1. The van der Waals surface area contributed by atoms with Gasteiger partial charge in [-0.1, -0.05) is 89.2 Å². The summed E-state index contributed by atoms with van der Waals surface area (Å²) in [5, 5.41) is 20.1. The molecular formula is C34H32N2O3. The molecule has 1 aliphatic carbocycles. The molecule has 0 saturated carbocycles. The van der Waals surface area contributed by atoms with Crippen LogP contribution in [-0.2, 0) is 10.8 Å². The zero-order valence-corrected chi connectivity index (χ0v) is 23.1. The van der Waals surface area contributed by atoms with Crippen molar-refractivity contribution < 1.29 is 14.4 Å². The van der Waals surface area contributed by atoms with Gasteiger partial charge in [0.1, 0.15) is 11.3 Å². The molecule has 2 N–H and O–H groups in total. The Bertz CT molecular complexity index is 1730. The van der Waals surface area contributed by atoms with E-state index in [0.29, 0.717) is 39.2 Å². The maximum Gasteiger partial charge on any atom is 0.196 e. The summed E-state index contributed by atoms with van der Waals surface area (Å²) in [5.41, 5.74) is 6.98. The summed E-state index contributed by atoms with van der Waals surface area (Å²) < 4.78 is 5.98. The third kappa shape index (κ3) is 4.00. The van der Waals surface area contributed by atoms with Crippen LogP contribution >= 0.6 is 0 Å². The van der Waals surface area contributed by atoms with Crippen LogP contribution in [0.15, 0.2) is 77.3 Å². The second-order valence-corrected chi connectivity index (χ2v) is 12.4. The number of para-hydroxylation sites is 1. The normalized spacial score (nSPS) is 13.0. The number of nitrogens with zero attached hydrogens (tertiary/aromatic N) is 1. The van der Waals surface area contributed by atoms with Gasteiger partial charge in [-0.3, -0.25) is 4.79 Å². The molecule has 5 heteroatoms. The minimum Gasteiger partial charge on any atom is -0.507 e. The van der Waals surface area contributed by atoms with Gasteiger partial charge in [0.15, 0.2) is 11.5 Å². The highest BCUT2D eigenvalue weighted by molar-refractivity contribution is 6.29. The summed E-state index contributed by atoms with van der Waals surface area (Å²) in [4.78, 5) is 13.9. The zero-order valence-electron chi connectivity index (χ0n) is 23.1. The lowest BCUT2D eigenvalue weighted by Gasteiger charge is -2.28. The van der Waals surface area contributed by atoms with Gasteiger partial charge in [0.25, 0.3) is 0 Å². The highest BCUT2D eigenvalue weighted by Crippen LogP contribution is 2.48. The standard InChI is InChI=1S/C34H32N2O3/c1-33(2,3)24-16-19(17-25(31(24)38)34(4,5)6)23-18-26(35-20-12-8-7-9-13-20)27-28-29(23)36-39-32(28)22-15-11-10-14-21(22)30(27)37/h7-18,35,38H,1-6H3. The summed E-state index contributed by atoms with van der Waals surface area (Å²) in [6.45, 7) is 12.6. The molecule has 0 atom stereocenters. The van der Waals surface area contributed by atoms with Gasteiger partial charge in [0, 0.05) is 33.5 Å². The molecular weight excluding hydrogens is 484 g/mol. The van der Waals surface area contributed by atoms with Gasteiger partial charge in [0.2, 0.25) is 0 Å². The molecule has 0 unspecified atom stereocenters. The summed E-state index contributed by atoms with van der Waals surface area (Å²) in [6, 6.07) is 23.4. The Balaban J connectivity index is 1.71. The van der Waals surface area contributed by atoms with Gasteiger partial charge >= 0.3 is 0 Å². The first-order valence-electron chi connectivity index (χ1n) is 13.3. The minimum atomic E-state index is -0.292. The number of aromatic nitrogens is 1. The van der Waals surface area contributed by atoms with Gasteiger partial charge in [0.05, 0.1) is 16.6 Å². The molecule has 0 radical (unpaired) electrons. The highest BCUT2D eigenvalue weighted by Gasteiger charge is 2.34. The summed E-state index contributed by atoms with van der Waals surface area (Å²) >= 11 is 0. The van der Waals surface area contributed by atoms with E-state index in [2.05, 4.69) is 52.0 Å². The molecule has 0 fully saturated rings. The fourth-order valence-electron chi connectivity index (χ4n) is 5.49. The Labute approximate surface area is 228 Å². The average molecular weight is 517 g/mol. The van der Waals surface area contributed by atoms with Crippen molar-refractivity contribution in [1.29, 1.82) is 0 Å². The van der Waals surface area contributed by atoms with Crippen LogP contribution in [0.2, 0.25) is 0 Å². The van der Waals surface area contributed by atoms with Crippen LogP contribution in [0.1, 0.15) is 68.6 Å². The second kappa shape index (κ2) is 8.57. The average Bonchev–Trinajstić information content (AvgIpc) is 3.32. The third-order valence-electron chi connectivity index (χ3n) is 7.49. The molecule has 0 aliphatic heterocycles. The first-order valence-corrected chi connectivity index (χ1v) is 13.3. The molecule has 196 valence electrons. The number of fused-ring (bicyclic) bond motifs is 2. The second-order valence-electron chi connectivity index (χ2n) is 12.4. The number of carbonyl (C=O) groups excluding carboxylic acids is 1. The molecule has 0 spiro atoms. The zero-order chi connectivity index (χ0) is 27.7. The quantitative estimate of drug-likeness (QED) is 0.246. The van der Waals surface area contributed by atoms with Gasteiger partial charge in [-0.15, -0.1) is 0 Å². The smallest absolute Gasteiger partial charge is 0.196 e. The lowest BCUT2D eigenvalue weighted by Crippen LogP contribution is -2.17. The number of nitrogens with one attached hydrogen (secondary N) is 1. The number of rotatable bonds is 3. The molecule has 0 saturated heterocycles. The summed E-state index contributed by atoms with van der Waals surface area (Å²) in [6.07, 6.45) is 0. The molecule has 0 amide bonds. The van der Waals surface area contributed by atoms with E-state index in [0.717, 1.165) is 33.5 Å². The van der Waals surface area contributed by atoms with Crippen molar-refractivity contribution in [2.45, 2.75) is 52.4 Å². The van der Waals surface area contributed by atoms with E-state index in [-0.39, 0.29) is 16.6 Å². The summed E-state index contributed by atoms with van der Waals surface area (Å²) in [5.74, 6) is 0.854. The number of aromatic hydroxyl groups is 1. The molecule has 1 aliphatic rings. The van der Waals surface area contributed by atoms with Crippen molar-refractivity contribution in [1.82, 2.24) is 5.16 Å². The van der Waals surface area contributed by atoms with E-state index in [1.165, 1.54) is 0 Å². The van der Waals surface area contributed by atoms with Crippen LogP contribution < -0.4 is 5.32 Å².